The van der Waals surface area contributed by atoms with Crippen LogP contribution in [0.2, 0.25) is 0 Å². The molecule has 0 aromatic heterocycles. The maximum atomic E-state index is 12.4. The van der Waals surface area contributed by atoms with Gasteiger partial charge in [0.25, 0.3) is 0 Å². The van der Waals surface area contributed by atoms with Crippen molar-refractivity contribution in [2.24, 2.45) is 5.41 Å². The van der Waals surface area contributed by atoms with Gasteiger partial charge in [-0.3, -0.25) is 14.4 Å². The normalized spacial score (nSPS) is 21.2. The van der Waals surface area contributed by atoms with Crippen molar-refractivity contribution >= 4 is 17.7 Å². The van der Waals surface area contributed by atoms with Crippen molar-refractivity contribution in [1.29, 1.82) is 0 Å². The van der Waals surface area contributed by atoms with Crippen LogP contribution >= 0.6 is 0 Å². The molecule has 1 aliphatic heterocycles. The molecule has 0 aromatic carbocycles. The molecule has 0 spiro atoms. The Hall–Kier alpha value is -1.63. The number of hydrogen-bond acceptors (Lipinski definition) is 4. The SMILES string of the molecule is CNC(=O)C(NC(=O)C1CCCN1C(=O)C(C)(C)C)C(C)O. The van der Waals surface area contributed by atoms with E-state index in [0.717, 1.165) is 6.42 Å². The monoisotopic (exact) mass is 313 g/mol. The van der Waals surface area contributed by atoms with Gasteiger partial charge >= 0.3 is 0 Å². The van der Waals surface area contributed by atoms with Crippen molar-refractivity contribution in [1.82, 2.24) is 15.5 Å². The second kappa shape index (κ2) is 7.09. The molecule has 3 amide bonds. The van der Waals surface area contributed by atoms with E-state index in [9.17, 15) is 19.5 Å². The molecule has 0 bridgehead atoms. The maximum Gasteiger partial charge on any atom is 0.245 e. The third kappa shape index (κ3) is 4.19. The Morgan fingerprint density at radius 2 is 1.86 bits per heavy atom. The highest BCUT2D eigenvalue weighted by molar-refractivity contribution is 5.93. The fourth-order valence-electron chi connectivity index (χ4n) is 2.52. The lowest BCUT2D eigenvalue weighted by atomic mass is 9.94. The third-order valence-corrected chi connectivity index (χ3v) is 3.77. The number of amides is 3. The molecule has 1 rings (SSSR count). The minimum absolute atomic E-state index is 0.0845. The van der Waals surface area contributed by atoms with Gasteiger partial charge in [-0.25, -0.2) is 0 Å². The second-order valence-corrected chi connectivity index (χ2v) is 6.75. The smallest absolute Gasteiger partial charge is 0.245 e. The Bertz CT molecular complexity index is 443. The van der Waals surface area contributed by atoms with Crippen LogP contribution in [0.1, 0.15) is 40.5 Å². The molecule has 7 heteroatoms. The Balaban J connectivity index is 2.83. The van der Waals surface area contributed by atoms with Gasteiger partial charge in [0.15, 0.2) is 0 Å². The van der Waals surface area contributed by atoms with Gasteiger partial charge in [0.05, 0.1) is 6.10 Å². The molecule has 1 saturated heterocycles. The van der Waals surface area contributed by atoms with Crippen LogP contribution in [0.25, 0.3) is 0 Å². The highest BCUT2D eigenvalue weighted by atomic mass is 16.3. The Morgan fingerprint density at radius 3 is 2.32 bits per heavy atom. The standard InChI is InChI=1S/C15H27N3O4/c1-9(19)11(13(21)16-5)17-12(20)10-7-6-8-18(10)14(22)15(2,3)4/h9-11,19H,6-8H2,1-5H3,(H,16,21)(H,17,20). The lowest BCUT2D eigenvalue weighted by molar-refractivity contribution is -0.145. The van der Waals surface area contributed by atoms with E-state index >= 15 is 0 Å². The average molecular weight is 313 g/mol. The number of hydrogen-bond donors (Lipinski definition) is 3. The van der Waals surface area contributed by atoms with Gasteiger partial charge in [-0.15, -0.1) is 0 Å². The summed E-state index contributed by atoms with van der Waals surface area (Å²) in [4.78, 5) is 38.1. The number of nitrogens with zero attached hydrogens (tertiary/aromatic N) is 1. The summed E-state index contributed by atoms with van der Waals surface area (Å²) < 4.78 is 0. The average Bonchev–Trinajstić information content (AvgIpc) is 2.90. The van der Waals surface area contributed by atoms with Crippen molar-refractivity contribution in [3.05, 3.63) is 0 Å². The summed E-state index contributed by atoms with van der Waals surface area (Å²) in [5, 5.41) is 14.6. The molecule has 126 valence electrons. The molecular formula is C15H27N3O4. The quantitative estimate of drug-likeness (QED) is 0.660. The van der Waals surface area contributed by atoms with E-state index in [1.165, 1.54) is 14.0 Å². The van der Waals surface area contributed by atoms with Crippen LogP contribution in [0, 0.1) is 5.41 Å². The summed E-state index contributed by atoms with van der Waals surface area (Å²) in [6.45, 7) is 7.41. The Labute approximate surface area is 131 Å². The van der Waals surface area contributed by atoms with Crippen LogP contribution < -0.4 is 10.6 Å². The largest absolute Gasteiger partial charge is 0.391 e. The molecule has 0 aromatic rings. The number of likely N-dealkylation sites (tertiary alicyclic amines) is 1. The highest BCUT2D eigenvalue weighted by Crippen LogP contribution is 2.25. The molecule has 0 radical (unpaired) electrons. The van der Waals surface area contributed by atoms with E-state index in [1.807, 2.05) is 20.8 Å². The van der Waals surface area contributed by atoms with Crippen LogP contribution in [-0.2, 0) is 14.4 Å². The van der Waals surface area contributed by atoms with E-state index in [0.29, 0.717) is 13.0 Å². The summed E-state index contributed by atoms with van der Waals surface area (Å²) in [6, 6.07) is -1.61. The number of rotatable bonds is 4. The van der Waals surface area contributed by atoms with Crippen LogP contribution in [0.5, 0.6) is 0 Å². The molecule has 0 aliphatic carbocycles. The van der Waals surface area contributed by atoms with Crippen molar-refractivity contribution in [3.8, 4) is 0 Å². The summed E-state index contributed by atoms with van der Waals surface area (Å²) in [5.74, 6) is -0.946. The molecule has 3 N–H and O–H groups in total. The number of likely N-dealkylation sites (N-methyl/N-ethyl adjacent to an activating group) is 1. The van der Waals surface area contributed by atoms with Gasteiger partial charge < -0.3 is 20.6 Å². The molecule has 3 unspecified atom stereocenters. The first-order valence-electron chi connectivity index (χ1n) is 7.60. The molecule has 22 heavy (non-hydrogen) atoms. The number of aliphatic hydroxyl groups excluding tert-OH is 1. The lowest BCUT2D eigenvalue weighted by Crippen LogP contribution is -2.57. The van der Waals surface area contributed by atoms with Gasteiger partial charge in [0.1, 0.15) is 12.1 Å². The van der Waals surface area contributed by atoms with E-state index in [-0.39, 0.29) is 5.91 Å². The lowest BCUT2D eigenvalue weighted by Gasteiger charge is -2.31. The highest BCUT2D eigenvalue weighted by Gasteiger charge is 2.39. The first kappa shape index (κ1) is 18.4. The Morgan fingerprint density at radius 1 is 1.27 bits per heavy atom. The molecule has 1 heterocycles. The minimum Gasteiger partial charge on any atom is -0.391 e. The Kier molecular flexibility index (Phi) is 5.93. The summed E-state index contributed by atoms with van der Waals surface area (Å²) in [7, 11) is 1.44. The number of carbonyl (C=O) groups is 3. The van der Waals surface area contributed by atoms with E-state index in [4.69, 9.17) is 0 Å². The molecule has 1 fully saturated rings. The van der Waals surface area contributed by atoms with Crippen LogP contribution in [0.4, 0.5) is 0 Å². The predicted octanol–water partition coefficient (Wildman–Crippen LogP) is -0.365. The van der Waals surface area contributed by atoms with E-state index in [1.54, 1.807) is 4.90 Å². The van der Waals surface area contributed by atoms with E-state index < -0.39 is 35.4 Å². The first-order valence-corrected chi connectivity index (χ1v) is 7.60. The van der Waals surface area contributed by atoms with Crippen LogP contribution in [-0.4, -0.2) is 59.5 Å². The van der Waals surface area contributed by atoms with Gasteiger partial charge in [0, 0.05) is 19.0 Å². The molecule has 7 nitrogen and oxygen atoms in total. The molecular weight excluding hydrogens is 286 g/mol. The van der Waals surface area contributed by atoms with E-state index in [2.05, 4.69) is 10.6 Å². The van der Waals surface area contributed by atoms with Crippen molar-refractivity contribution in [3.63, 3.8) is 0 Å². The van der Waals surface area contributed by atoms with Crippen LogP contribution in [0.15, 0.2) is 0 Å². The number of carbonyl (C=O) groups excluding carboxylic acids is 3. The topological polar surface area (TPSA) is 98.7 Å². The summed E-state index contributed by atoms with van der Waals surface area (Å²) in [6.07, 6.45) is 0.296. The predicted molar refractivity (Wildman–Crippen MR) is 81.9 cm³/mol. The van der Waals surface area contributed by atoms with Gasteiger partial charge in [-0.1, -0.05) is 20.8 Å². The fraction of sp³-hybridized carbons (Fsp3) is 0.800. The molecule has 3 atom stereocenters. The molecule has 0 saturated carbocycles. The number of nitrogens with one attached hydrogen (secondary N) is 2. The fourth-order valence-corrected chi connectivity index (χ4v) is 2.52. The van der Waals surface area contributed by atoms with Crippen molar-refractivity contribution < 1.29 is 19.5 Å². The molecule has 1 aliphatic rings. The zero-order valence-corrected chi connectivity index (χ0v) is 14.0. The first-order chi connectivity index (χ1) is 10.1. The van der Waals surface area contributed by atoms with Gasteiger partial charge in [0.2, 0.25) is 17.7 Å². The van der Waals surface area contributed by atoms with Crippen LogP contribution in [0.3, 0.4) is 0 Å². The van der Waals surface area contributed by atoms with Gasteiger partial charge in [-0.2, -0.15) is 0 Å². The zero-order chi connectivity index (χ0) is 17.1. The number of aliphatic hydroxyl groups is 1. The third-order valence-electron chi connectivity index (χ3n) is 3.77. The maximum absolute atomic E-state index is 12.4. The summed E-state index contributed by atoms with van der Waals surface area (Å²) in [5.41, 5.74) is -0.562. The van der Waals surface area contributed by atoms with Crippen molar-refractivity contribution in [2.75, 3.05) is 13.6 Å². The van der Waals surface area contributed by atoms with Crippen molar-refractivity contribution in [2.45, 2.75) is 58.7 Å². The second-order valence-electron chi connectivity index (χ2n) is 6.75. The van der Waals surface area contributed by atoms with Gasteiger partial charge in [-0.05, 0) is 19.8 Å². The minimum atomic E-state index is -1.02. The summed E-state index contributed by atoms with van der Waals surface area (Å²) >= 11 is 0. The zero-order valence-electron chi connectivity index (χ0n) is 14.0.